The molecule has 3 heteroatoms. The van der Waals surface area contributed by atoms with E-state index in [1.165, 1.54) is 0 Å². The van der Waals surface area contributed by atoms with Gasteiger partial charge in [0.15, 0.2) is 0 Å². The van der Waals surface area contributed by atoms with E-state index in [9.17, 15) is 4.79 Å². The molecule has 1 atom stereocenters. The van der Waals surface area contributed by atoms with E-state index in [0.717, 1.165) is 18.6 Å². The lowest BCUT2D eigenvalue weighted by Crippen LogP contribution is -2.11. The second-order valence-corrected chi connectivity index (χ2v) is 4.27. The van der Waals surface area contributed by atoms with Gasteiger partial charge in [0.2, 0.25) is 0 Å². The first-order chi connectivity index (χ1) is 8.16. The van der Waals surface area contributed by atoms with Crippen LogP contribution in [-0.2, 0) is 9.53 Å². The minimum absolute atomic E-state index is 0.283. The fourth-order valence-corrected chi connectivity index (χ4v) is 1.53. The van der Waals surface area contributed by atoms with Gasteiger partial charge >= 0.3 is 5.97 Å². The number of hydrogen-bond acceptors (Lipinski definition) is 3. The first kappa shape index (κ1) is 11.9. The van der Waals surface area contributed by atoms with E-state index >= 15 is 0 Å². The number of benzene rings is 1. The fraction of sp³-hybridized carbons (Fsp3) is 0.357. The van der Waals surface area contributed by atoms with Gasteiger partial charge in [-0.3, -0.25) is 0 Å². The van der Waals surface area contributed by atoms with E-state index in [-0.39, 0.29) is 5.97 Å². The summed E-state index contributed by atoms with van der Waals surface area (Å²) in [7, 11) is 0. The third-order valence-electron chi connectivity index (χ3n) is 2.84. The van der Waals surface area contributed by atoms with Crippen molar-refractivity contribution in [1.82, 2.24) is 0 Å². The van der Waals surface area contributed by atoms with Crippen molar-refractivity contribution < 1.29 is 14.3 Å². The average Bonchev–Trinajstić information content (AvgIpc) is 3.13. The van der Waals surface area contributed by atoms with Crippen molar-refractivity contribution in [3.8, 4) is 5.75 Å². The molecule has 17 heavy (non-hydrogen) atoms. The highest BCUT2D eigenvalue weighted by atomic mass is 16.6. The number of carbonyl (C=O) groups is 1. The highest BCUT2D eigenvalue weighted by molar-refractivity contribution is 5.90. The summed E-state index contributed by atoms with van der Waals surface area (Å²) in [4.78, 5) is 11.8. The van der Waals surface area contributed by atoms with Crippen LogP contribution in [0.15, 0.2) is 41.5 Å². The number of rotatable bonds is 4. The Labute approximate surface area is 101 Å². The number of hydrogen-bond donors (Lipinski definition) is 0. The highest BCUT2D eigenvalue weighted by Crippen LogP contribution is 2.22. The standard InChI is InChI=1S/C14H16O3/c1-10(8-13-9-16-13)11(2)14(15)17-12-6-4-3-5-7-12/h3-7,13H,8-9H2,1-2H3. The molecule has 90 valence electrons. The van der Waals surface area contributed by atoms with Gasteiger partial charge in [0.25, 0.3) is 0 Å². The molecule has 1 aliphatic heterocycles. The van der Waals surface area contributed by atoms with E-state index in [2.05, 4.69) is 0 Å². The van der Waals surface area contributed by atoms with Crippen LogP contribution in [0.2, 0.25) is 0 Å². The Hall–Kier alpha value is -1.61. The lowest BCUT2D eigenvalue weighted by atomic mass is 10.1. The van der Waals surface area contributed by atoms with Gasteiger partial charge < -0.3 is 9.47 Å². The molecule has 1 saturated heterocycles. The zero-order chi connectivity index (χ0) is 12.3. The van der Waals surface area contributed by atoms with Crippen LogP contribution in [-0.4, -0.2) is 18.7 Å². The molecule has 0 bridgehead atoms. The molecule has 0 radical (unpaired) electrons. The normalized spacial score (nSPS) is 19.5. The summed E-state index contributed by atoms with van der Waals surface area (Å²) in [5.41, 5.74) is 1.71. The number of ether oxygens (including phenoxy) is 2. The third-order valence-corrected chi connectivity index (χ3v) is 2.84. The largest absolute Gasteiger partial charge is 0.423 e. The molecule has 0 aliphatic carbocycles. The van der Waals surface area contributed by atoms with E-state index in [0.29, 0.717) is 17.4 Å². The summed E-state index contributed by atoms with van der Waals surface area (Å²) < 4.78 is 10.4. The molecule has 0 aromatic heterocycles. The summed E-state index contributed by atoms with van der Waals surface area (Å²) in [6.07, 6.45) is 1.12. The summed E-state index contributed by atoms with van der Waals surface area (Å²) in [5.74, 6) is 0.293. The molecule has 0 amide bonds. The molecular formula is C14H16O3. The SMILES string of the molecule is CC(CC1CO1)=C(C)C(=O)Oc1ccccc1. The van der Waals surface area contributed by atoms with Gasteiger partial charge in [-0.15, -0.1) is 0 Å². The quantitative estimate of drug-likeness (QED) is 0.347. The topological polar surface area (TPSA) is 38.8 Å². The van der Waals surface area contributed by atoms with Gasteiger partial charge in [-0.25, -0.2) is 4.79 Å². The fourth-order valence-electron chi connectivity index (χ4n) is 1.53. The molecule has 3 nitrogen and oxygen atoms in total. The van der Waals surface area contributed by atoms with Gasteiger partial charge in [-0.05, 0) is 32.4 Å². The second kappa shape index (κ2) is 5.15. The zero-order valence-corrected chi connectivity index (χ0v) is 10.1. The molecule has 1 unspecified atom stereocenters. The Balaban J connectivity index is 1.99. The van der Waals surface area contributed by atoms with Crippen LogP contribution in [0.25, 0.3) is 0 Å². The molecule has 1 aromatic rings. The van der Waals surface area contributed by atoms with Crippen molar-refractivity contribution in [2.24, 2.45) is 0 Å². The van der Waals surface area contributed by atoms with Gasteiger partial charge in [0, 0.05) is 5.57 Å². The average molecular weight is 232 g/mol. The van der Waals surface area contributed by atoms with Crippen molar-refractivity contribution in [3.63, 3.8) is 0 Å². The van der Waals surface area contributed by atoms with Crippen LogP contribution in [0.1, 0.15) is 20.3 Å². The highest BCUT2D eigenvalue weighted by Gasteiger charge is 2.24. The Kier molecular flexibility index (Phi) is 3.59. The van der Waals surface area contributed by atoms with Crippen LogP contribution in [0.5, 0.6) is 5.75 Å². The van der Waals surface area contributed by atoms with Gasteiger partial charge in [-0.1, -0.05) is 23.8 Å². The minimum Gasteiger partial charge on any atom is -0.423 e. The van der Waals surface area contributed by atoms with E-state index in [4.69, 9.17) is 9.47 Å². The molecule has 1 fully saturated rings. The van der Waals surface area contributed by atoms with Gasteiger partial charge in [0.1, 0.15) is 5.75 Å². The summed E-state index contributed by atoms with van der Waals surface area (Å²) in [5, 5.41) is 0. The Morgan fingerprint density at radius 1 is 1.35 bits per heavy atom. The van der Waals surface area contributed by atoms with Crippen molar-refractivity contribution >= 4 is 5.97 Å². The van der Waals surface area contributed by atoms with Crippen molar-refractivity contribution in [2.45, 2.75) is 26.4 Å². The maximum Gasteiger partial charge on any atom is 0.339 e. The molecule has 2 rings (SSSR count). The summed E-state index contributed by atoms with van der Waals surface area (Å²) >= 11 is 0. The molecule has 1 aromatic carbocycles. The molecule has 1 aliphatic rings. The molecule has 0 spiro atoms. The monoisotopic (exact) mass is 232 g/mol. The van der Waals surface area contributed by atoms with Crippen molar-refractivity contribution in [2.75, 3.05) is 6.61 Å². The Morgan fingerprint density at radius 3 is 2.59 bits per heavy atom. The number of esters is 1. The number of para-hydroxylation sites is 1. The first-order valence-corrected chi connectivity index (χ1v) is 5.72. The maximum atomic E-state index is 11.8. The van der Waals surface area contributed by atoms with Crippen LogP contribution in [0.4, 0.5) is 0 Å². The van der Waals surface area contributed by atoms with Gasteiger partial charge in [0.05, 0.1) is 12.7 Å². The zero-order valence-electron chi connectivity index (χ0n) is 10.1. The molecule has 0 saturated carbocycles. The van der Waals surface area contributed by atoms with Crippen LogP contribution >= 0.6 is 0 Å². The van der Waals surface area contributed by atoms with E-state index in [1.807, 2.05) is 25.1 Å². The molecular weight excluding hydrogens is 216 g/mol. The summed E-state index contributed by atoms with van der Waals surface area (Å²) in [6.45, 7) is 4.55. The Bertz CT molecular complexity index is 430. The van der Waals surface area contributed by atoms with Crippen molar-refractivity contribution in [3.05, 3.63) is 41.5 Å². The van der Waals surface area contributed by atoms with E-state index in [1.54, 1.807) is 19.1 Å². The number of epoxide rings is 1. The molecule has 0 N–H and O–H groups in total. The summed E-state index contributed by atoms with van der Waals surface area (Å²) in [6, 6.07) is 9.10. The van der Waals surface area contributed by atoms with E-state index < -0.39 is 0 Å². The van der Waals surface area contributed by atoms with Gasteiger partial charge in [-0.2, -0.15) is 0 Å². The first-order valence-electron chi connectivity index (χ1n) is 5.72. The van der Waals surface area contributed by atoms with Crippen LogP contribution in [0.3, 0.4) is 0 Å². The molecule has 1 heterocycles. The lowest BCUT2D eigenvalue weighted by Gasteiger charge is -2.07. The maximum absolute atomic E-state index is 11.8. The van der Waals surface area contributed by atoms with Crippen molar-refractivity contribution in [1.29, 1.82) is 0 Å². The number of carbonyl (C=O) groups excluding carboxylic acids is 1. The lowest BCUT2D eigenvalue weighted by molar-refractivity contribution is -0.130. The predicted octanol–water partition coefficient (Wildman–Crippen LogP) is 2.72. The Morgan fingerprint density at radius 2 is 2.00 bits per heavy atom. The van der Waals surface area contributed by atoms with Crippen LogP contribution < -0.4 is 4.74 Å². The predicted molar refractivity (Wildman–Crippen MR) is 64.8 cm³/mol. The smallest absolute Gasteiger partial charge is 0.339 e. The minimum atomic E-state index is -0.283. The van der Waals surface area contributed by atoms with Crippen LogP contribution in [0, 0.1) is 0 Å². The second-order valence-electron chi connectivity index (χ2n) is 4.27. The third kappa shape index (κ3) is 3.43.